The third-order valence-corrected chi connectivity index (χ3v) is 1.82. The van der Waals surface area contributed by atoms with Crippen LogP contribution in [0.15, 0.2) is 24.4 Å². The maximum absolute atomic E-state index is 13.1. The van der Waals surface area contributed by atoms with E-state index in [1.54, 1.807) is 0 Å². The Kier molecular flexibility index (Phi) is 1.62. The molecule has 0 spiro atoms. The van der Waals surface area contributed by atoms with Crippen LogP contribution in [0.4, 0.5) is 14.6 Å². The van der Waals surface area contributed by atoms with Gasteiger partial charge in [-0.1, -0.05) is 0 Å². The van der Waals surface area contributed by atoms with Gasteiger partial charge in [-0.15, -0.1) is 0 Å². The number of halogens is 2. The first-order chi connectivity index (χ1) is 6.18. The quantitative estimate of drug-likeness (QED) is 0.674. The minimum absolute atomic E-state index is 0.147. The van der Waals surface area contributed by atoms with Gasteiger partial charge in [0, 0.05) is 17.0 Å². The fraction of sp³-hybridized carbons (Fsp3) is 0. The van der Waals surface area contributed by atoms with Crippen LogP contribution in [0.1, 0.15) is 0 Å². The third-order valence-electron chi connectivity index (χ3n) is 1.82. The van der Waals surface area contributed by atoms with Crippen molar-refractivity contribution in [3.63, 3.8) is 0 Å². The van der Waals surface area contributed by atoms with Crippen LogP contribution >= 0.6 is 0 Å². The molecule has 0 saturated heterocycles. The average molecular weight is 180 g/mol. The second kappa shape index (κ2) is 2.65. The van der Waals surface area contributed by atoms with E-state index in [0.29, 0.717) is 0 Å². The van der Waals surface area contributed by atoms with Crippen molar-refractivity contribution in [2.24, 2.45) is 0 Å². The summed E-state index contributed by atoms with van der Waals surface area (Å²) in [5, 5.41) is 0.307. The summed E-state index contributed by atoms with van der Waals surface area (Å²) in [6.45, 7) is 0. The smallest absolute Gasteiger partial charge is 0.132 e. The van der Waals surface area contributed by atoms with Crippen molar-refractivity contribution in [1.82, 2.24) is 4.98 Å². The average Bonchev–Trinajstić information content (AvgIpc) is 2.12. The number of hydrogen-bond donors (Lipinski definition) is 1. The summed E-state index contributed by atoms with van der Waals surface area (Å²) in [5.74, 6) is -0.814. The van der Waals surface area contributed by atoms with Crippen LogP contribution < -0.4 is 5.73 Å². The molecule has 0 amide bonds. The van der Waals surface area contributed by atoms with Crippen LogP contribution in [0.5, 0.6) is 0 Å². The van der Waals surface area contributed by atoms with E-state index in [9.17, 15) is 8.78 Å². The molecule has 1 heterocycles. The predicted molar refractivity (Wildman–Crippen MR) is 46.1 cm³/mol. The van der Waals surface area contributed by atoms with E-state index in [0.717, 1.165) is 12.1 Å². The minimum atomic E-state index is -0.496. The van der Waals surface area contributed by atoms with Gasteiger partial charge in [0.2, 0.25) is 0 Å². The van der Waals surface area contributed by atoms with Crippen LogP contribution in [-0.2, 0) is 0 Å². The molecule has 0 bridgehead atoms. The zero-order valence-corrected chi connectivity index (χ0v) is 6.59. The van der Waals surface area contributed by atoms with E-state index < -0.39 is 11.6 Å². The molecule has 1 aromatic heterocycles. The highest BCUT2D eigenvalue weighted by molar-refractivity contribution is 5.84. The van der Waals surface area contributed by atoms with Gasteiger partial charge in [-0.05, 0) is 18.2 Å². The number of aromatic nitrogens is 1. The summed E-state index contributed by atoms with van der Waals surface area (Å²) in [7, 11) is 0. The maximum atomic E-state index is 13.1. The molecule has 0 atom stereocenters. The molecule has 1 aromatic carbocycles. The van der Waals surface area contributed by atoms with Gasteiger partial charge in [-0.3, -0.25) is 0 Å². The number of fused-ring (bicyclic) bond motifs is 1. The lowest BCUT2D eigenvalue weighted by molar-refractivity contribution is 0.617. The molecule has 66 valence electrons. The number of nitrogen functional groups attached to an aromatic ring is 1. The topological polar surface area (TPSA) is 38.9 Å². The molecule has 13 heavy (non-hydrogen) atoms. The molecular formula is C9H6F2N2. The van der Waals surface area contributed by atoms with E-state index >= 15 is 0 Å². The number of rotatable bonds is 0. The Morgan fingerprint density at radius 3 is 2.38 bits per heavy atom. The van der Waals surface area contributed by atoms with Crippen LogP contribution in [-0.4, -0.2) is 4.98 Å². The van der Waals surface area contributed by atoms with E-state index in [4.69, 9.17) is 5.73 Å². The van der Waals surface area contributed by atoms with Gasteiger partial charge in [-0.25, -0.2) is 13.8 Å². The summed E-state index contributed by atoms with van der Waals surface area (Å²) in [5.41, 5.74) is 5.34. The molecule has 0 saturated carbocycles. The molecule has 4 heteroatoms. The number of pyridine rings is 1. The van der Waals surface area contributed by atoms with E-state index in [-0.39, 0.29) is 16.6 Å². The van der Waals surface area contributed by atoms with Crippen molar-refractivity contribution in [3.8, 4) is 0 Å². The fourth-order valence-corrected chi connectivity index (χ4v) is 1.19. The van der Waals surface area contributed by atoms with Crippen LogP contribution in [0.3, 0.4) is 0 Å². The largest absolute Gasteiger partial charge is 0.384 e. The molecule has 0 fully saturated rings. The third kappa shape index (κ3) is 1.20. The zero-order chi connectivity index (χ0) is 9.42. The molecular weight excluding hydrogens is 174 g/mol. The van der Waals surface area contributed by atoms with E-state index in [2.05, 4.69) is 4.98 Å². The van der Waals surface area contributed by atoms with E-state index in [1.165, 1.54) is 12.3 Å². The van der Waals surface area contributed by atoms with Gasteiger partial charge in [0.15, 0.2) is 0 Å². The molecule has 0 aliphatic carbocycles. The number of benzene rings is 1. The Morgan fingerprint density at radius 2 is 1.69 bits per heavy atom. The lowest BCUT2D eigenvalue weighted by Gasteiger charge is -2.00. The van der Waals surface area contributed by atoms with Crippen molar-refractivity contribution >= 4 is 16.6 Å². The molecule has 0 aliphatic heterocycles. The first-order valence-electron chi connectivity index (χ1n) is 3.68. The highest BCUT2D eigenvalue weighted by atomic mass is 19.1. The highest BCUT2D eigenvalue weighted by Crippen LogP contribution is 2.21. The lowest BCUT2D eigenvalue weighted by atomic mass is 10.1. The van der Waals surface area contributed by atoms with Crippen LogP contribution in [0.25, 0.3) is 10.8 Å². The van der Waals surface area contributed by atoms with Gasteiger partial charge in [0.25, 0.3) is 0 Å². The maximum Gasteiger partial charge on any atom is 0.132 e. The second-order valence-corrected chi connectivity index (χ2v) is 2.68. The summed E-state index contributed by atoms with van der Waals surface area (Å²) in [4.78, 5) is 3.68. The Morgan fingerprint density at radius 1 is 1.08 bits per heavy atom. The SMILES string of the molecule is Nc1cc2c(F)ccc(F)c2cn1. The molecule has 2 nitrogen and oxygen atoms in total. The molecule has 0 radical (unpaired) electrons. The molecule has 2 N–H and O–H groups in total. The van der Waals surface area contributed by atoms with Crippen molar-refractivity contribution in [2.45, 2.75) is 0 Å². The Hall–Kier alpha value is -1.71. The van der Waals surface area contributed by atoms with Crippen molar-refractivity contribution in [1.29, 1.82) is 0 Å². The van der Waals surface area contributed by atoms with Gasteiger partial charge >= 0.3 is 0 Å². The first kappa shape index (κ1) is 7.91. The number of hydrogen-bond acceptors (Lipinski definition) is 2. The Bertz CT molecular complexity index is 468. The molecule has 0 unspecified atom stereocenters. The molecule has 0 aliphatic rings. The monoisotopic (exact) mass is 180 g/mol. The van der Waals surface area contributed by atoms with Crippen molar-refractivity contribution in [3.05, 3.63) is 36.0 Å². The van der Waals surface area contributed by atoms with Crippen molar-refractivity contribution < 1.29 is 8.78 Å². The summed E-state index contributed by atoms with van der Waals surface area (Å²) >= 11 is 0. The number of nitrogens with two attached hydrogens (primary N) is 1. The normalized spacial score (nSPS) is 10.6. The van der Waals surface area contributed by atoms with E-state index in [1.807, 2.05) is 0 Å². The standard InChI is InChI=1S/C9H6F2N2/c10-7-1-2-8(11)6-4-13-9(12)3-5(6)7/h1-4H,(H2,12,13). The fourth-order valence-electron chi connectivity index (χ4n) is 1.19. The lowest BCUT2D eigenvalue weighted by Crippen LogP contribution is -1.92. The van der Waals surface area contributed by atoms with Gasteiger partial charge in [-0.2, -0.15) is 0 Å². The highest BCUT2D eigenvalue weighted by Gasteiger charge is 2.05. The summed E-state index contributed by atoms with van der Waals surface area (Å²) in [6.07, 6.45) is 1.23. The summed E-state index contributed by atoms with van der Waals surface area (Å²) in [6, 6.07) is 3.44. The van der Waals surface area contributed by atoms with Crippen molar-refractivity contribution in [2.75, 3.05) is 5.73 Å². The number of nitrogens with zero attached hydrogens (tertiary/aromatic N) is 1. The Labute approximate surface area is 73.0 Å². The van der Waals surface area contributed by atoms with Gasteiger partial charge in [0.05, 0.1) is 0 Å². The Balaban J connectivity index is 2.92. The van der Waals surface area contributed by atoms with Gasteiger partial charge in [0.1, 0.15) is 17.5 Å². The first-order valence-corrected chi connectivity index (χ1v) is 3.68. The predicted octanol–water partition coefficient (Wildman–Crippen LogP) is 2.10. The number of anilines is 1. The second-order valence-electron chi connectivity index (χ2n) is 2.68. The minimum Gasteiger partial charge on any atom is -0.384 e. The summed E-state index contributed by atoms with van der Waals surface area (Å²) < 4.78 is 26.1. The van der Waals surface area contributed by atoms with Gasteiger partial charge < -0.3 is 5.73 Å². The van der Waals surface area contributed by atoms with Crippen LogP contribution in [0.2, 0.25) is 0 Å². The molecule has 2 rings (SSSR count). The molecule has 2 aromatic rings. The zero-order valence-electron chi connectivity index (χ0n) is 6.59. The van der Waals surface area contributed by atoms with Crippen LogP contribution in [0, 0.1) is 11.6 Å².